The lowest BCUT2D eigenvalue weighted by atomic mass is 9.69. The van der Waals surface area contributed by atoms with Gasteiger partial charge in [-0.2, -0.15) is 0 Å². The Labute approximate surface area is 273 Å². The molecule has 0 spiro atoms. The highest BCUT2D eigenvalue weighted by Gasteiger charge is 2.33. The molecule has 7 aromatic carbocycles. The standard InChI is InChI=1S/C46H30O/c1-2-12-29(13-3-1)33-26-27-41-34-25-24-31(28-43(34)47-42-23-11-22-36(33)46(41)42)44-37-17-6-8-19-39(37)45(40-20-9-7-18-38(40)44)35-21-10-15-30-14-4-5-16-32(30)35/h1-28,37,39H. The summed E-state index contributed by atoms with van der Waals surface area (Å²) in [5.74, 6) is 2.25. The summed E-state index contributed by atoms with van der Waals surface area (Å²) in [6, 6.07) is 52.9. The Kier molecular flexibility index (Phi) is 5.77. The van der Waals surface area contributed by atoms with Crippen LogP contribution in [0.4, 0.5) is 0 Å². The molecule has 0 N–H and O–H groups in total. The zero-order valence-electron chi connectivity index (χ0n) is 25.7. The monoisotopic (exact) mass is 598 g/mol. The number of rotatable bonds is 3. The lowest BCUT2D eigenvalue weighted by molar-refractivity contribution is 0.486. The molecule has 1 heteroatoms. The van der Waals surface area contributed by atoms with Crippen molar-refractivity contribution < 1.29 is 4.74 Å². The van der Waals surface area contributed by atoms with E-state index >= 15 is 0 Å². The summed E-state index contributed by atoms with van der Waals surface area (Å²) in [6.45, 7) is 0. The highest BCUT2D eigenvalue weighted by Crippen LogP contribution is 2.50. The molecular formula is C46H30O. The molecule has 2 aliphatic carbocycles. The first kappa shape index (κ1) is 26.3. The molecule has 220 valence electrons. The van der Waals surface area contributed by atoms with Crippen molar-refractivity contribution >= 4 is 32.7 Å². The third kappa shape index (κ3) is 3.96. The third-order valence-corrected chi connectivity index (χ3v) is 10.3. The molecule has 1 nitrogen and oxygen atoms in total. The molecule has 3 aliphatic rings. The van der Waals surface area contributed by atoms with Crippen LogP contribution in [0.25, 0.3) is 54.9 Å². The summed E-state index contributed by atoms with van der Waals surface area (Å²) in [5.41, 5.74) is 10.1. The summed E-state index contributed by atoms with van der Waals surface area (Å²) < 4.78 is 6.78. The van der Waals surface area contributed by atoms with Gasteiger partial charge in [-0.1, -0.05) is 152 Å². The van der Waals surface area contributed by atoms with Gasteiger partial charge in [-0.3, -0.25) is 0 Å². The van der Waals surface area contributed by atoms with Gasteiger partial charge >= 0.3 is 0 Å². The van der Waals surface area contributed by atoms with Gasteiger partial charge < -0.3 is 4.74 Å². The Morgan fingerprint density at radius 1 is 0.404 bits per heavy atom. The molecule has 0 amide bonds. The average Bonchev–Trinajstić information content (AvgIpc) is 3.14. The molecule has 2 unspecified atom stereocenters. The summed E-state index contributed by atoms with van der Waals surface area (Å²) in [7, 11) is 0. The average molecular weight is 599 g/mol. The highest BCUT2D eigenvalue weighted by atomic mass is 16.5. The predicted molar refractivity (Wildman–Crippen MR) is 195 cm³/mol. The van der Waals surface area contributed by atoms with Crippen LogP contribution in [0.3, 0.4) is 0 Å². The molecule has 0 radical (unpaired) electrons. The van der Waals surface area contributed by atoms with E-state index in [-0.39, 0.29) is 11.8 Å². The summed E-state index contributed by atoms with van der Waals surface area (Å²) in [6.07, 6.45) is 9.22. The van der Waals surface area contributed by atoms with Gasteiger partial charge in [-0.15, -0.1) is 0 Å². The van der Waals surface area contributed by atoms with Crippen LogP contribution >= 0.6 is 0 Å². The normalized spacial score (nSPS) is 17.3. The lowest BCUT2D eigenvalue weighted by Crippen LogP contribution is -2.40. The molecule has 7 aromatic rings. The smallest absolute Gasteiger partial charge is 0.135 e. The predicted octanol–water partition coefficient (Wildman–Crippen LogP) is 10.2. The minimum absolute atomic E-state index is 0.203. The molecular weight excluding hydrogens is 569 g/mol. The van der Waals surface area contributed by atoms with Gasteiger partial charge in [0, 0.05) is 22.8 Å². The van der Waals surface area contributed by atoms with Crippen molar-refractivity contribution in [3.8, 4) is 33.8 Å². The Bertz CT molecular complexity index is 2600. The molecule has 1 aliphatic heterocycles. The van der Waals surface area contributed by atoms with Crippen LogP contribution in [0, 0.1) is 11.8 Å². The minimum atomic E-state index is 0.203. The number of allylic oxidation sites excluding steroid dienone is 4. The van der Waals surface area contributed by atoms with Crippen molar-refractivity contribution in [2.75, 3.05) is 0 Å². The van der Waals surface area contributed by atoms with Crippen LogP contribution in [0.15, 0.2) is 170 Å². The van der Waals surface area contributed by atoms with Crippen LogP contribution < -0.4 is 15.2 Å². The molecule has 10 rings (SSSR count). The van der Waals surface area contributed by atoms with Crippen molar-refractivity contribution in [2.45, 2.75) is 0 Å². The fourth-order valence-electron chi connectivity index (χ4n) is 8.27. The van der Waals surface area contributed by atoms with Crippen molar-refractivity contribution in [1.82, 2.24) is 0 Å². The van der Waals surface area contributed by atoms with E-state index < -0.39 is 0 Å². The van der Waals surface area contributed by atoms with Crippen LogP contribution in [0.1, 0.15) is 11.1 Å². The first-order chi connectivity index (χ1) is 23.3. The molecule has 0 saturated carbocycles. The van der Waals surface area contributed by atoms with E-state index in [1.165, 1.54) is 70.9 Å². The molecule has 2 atom stereocenters. The van der Waals surface area contributed by atoms with Crippen LogP contribution in [-0.4, -0.2) is 0 Å². The number of fused-ring (bicyclic) bond motifs is 5. The van der Waals surface area contributed by atoms with Crippen LogP contribution in [0.2, 0.25) is 0 Å². The van der Waals surface area contributed by atoms with Crippen LogP contribution in [0.5, 0.6) is 11.5 Å². The number of benzene rings is 7. The highest BCUT2D eigenvalue weighted by molar-refractivity contribution is 6.10. The Balaban J connectivity index is 1.20. The van der Waals surface area contributed by atoms with Crippen molar-refractivity contribution in [3.05, 3.63) is 191 Å². The van der Waals surface area contributed by atoms with E-state index in [2.05, 4.69) is 170 Å². The van der Waals surface area contributed by atoms with Crippen LogP contribution in [-0.2, 0) is 0 Å². The van der Waals surface area contributed by atoms with E-state index in [0.717, 1.165) is 17.1 Å². The first-order valence-corrected chi connectivity index (χ1v) is 16.4. The van der Waals surface area contributed by atoms with Crippen molar-refractivity contribution in [3.63, 3.8) is 0 Å². The van der Waals surface area contributed by atoms with Gasteiger partial charge in [0.25, 0.3) is 0 Å². The zero-order chi connectivity index (χ0) is 30.9. The number of hydrogen-bond acceptors (Lipinski definition) is 1. The second-order valence-electron chi connectivity index (χ2n) is 12.7. The van der Waals surface area contributed by atoms with Gasteiger partial charge in [-0.25, -0.2) is 0 Å². The first-order valence-electron chi connectivity index (χ1n) is 16.4. The van der Waals surface area contributed by atoms with Gasteiger partial charge in [-0.05, 0) is 83.8 Å². The van der Waals surface area contributed by atoms with E-state index in [1.54, 1.807) is 0 Å². The van der Waals surface area contributed by atoms with E-state index in [9.17, 15) is 0 Å². The van der Waals surface area contributed by atoms with Gasteiger partial charge in [0.1, 0.15) is 11.5 Å². The minimum Gasteiger partial charge on any atom is -0.456 e. The third-order valence-electron chi connectivity index (χ3n) is 10.3. The number of ether oxygens (including phenoxy) is 1. The SMILES string of the molecule is C1=CC2C(c3ccc4c(c3)Oc3cccc5c(-c6ccccc6)ccc-4c35)=c3ccccc3=C(c3cccc4ccccc34)C2C=C1. The topological polar surface area (TPSA) is 9.23 Å². The summed E-state index contributed by atoms with van der Waals surface area (Å²) in [4.78, 5) is 0. The molecule has 47 heavy (non-hydrogen) atoms. The Morgan fingerprint density at radius 3 is 1.94 bits per heavy atom. The van der Waals surface area contributed by atoms with E-state index in [1.807, 2.05) is 0 Å². The Hall–Kier alpha value is -5.92. The van der Waals surface area contributed by atoms with Gasteiger partial charge in [0.2, 0.25) is 0 Å². The maximum absolute atomic E-state index is 6.78. The molecule has 0 bridgehead atoms. The maximum Gasteiger partial charge on any atom is 0.135 e. The molecule has 1 heterocycles. The van der Waals surface area contributed by atoms with Gasteiger partial charge in [0.15, 0.2) is 0 Å². The largest absolute Gasteiger partial charge is 0.456 e. The zero-order valence-corrected chi connectivity index (χ0v) is 25.7. The molecule has 0 saturated heterocycles. The summed E-state index contributed by atoms with van der Waals surface area (Å²) >= 11 is 0. The quantitative estimate of drug-likeness (QED) is 0.197. The van der Waals surface area contributed by atoms with E-state index in [0.29, 0.717) is 0 Å². The van der Waals surface area contributed by atoms with E-state index in [4.69, 9.17) is 4.74 Å². The molecule has 0 fully saturated rings. The fourth-order valence-corrected chi connectivity index (χ4v) is 8.27. The second-order valence-corrected chi connectivity index (χ2v) is 12.7. The second kappa shape index (κ2) is 10.3. The van der Waals surface area contributed by atoms with Crippen molar-refractivity contribution in [1.29, 1.82) is 0 Å². The fraction of sp³-hybridized carbons (Fsp3) is 0.0435. The summed E-state index contributed by atoms with van der Waals surface area (Å²) in [5, 5.41) is 7.57. The Morgan fingerprint density at radius 2 is 1.06 bits per heavy atom. The number of hydrogen-bond donors (Lipinski definition) is 0. The maximum atomic E-state index is 6.78. The van der Waals surface area contributed by atoms with Crippen molar-refractivity contribution in [2.24, 2.45) is 11.8 Å². The van der Waals surface area contributed by atoms with Gasteiger partial charge in [0.05, 0.1) is 0 Å². The lowest BCUT2D eigenvalue weighted by Gasteiger charge is -2.34. The molecule has 0 aromatic heterocycles.